The number of Topliss-reactive ketones (excluding diaryl/α,β-unsaturated/α-hetero) is 1. The molecule has 1 aliphatic rings. The molecule has 1 saturated carbocycles. The molecule has 160 valence electrons. The minimum Gasteiger partial charge on any atom is -0.326 e. The summed E-state index contributed by atoms with van der Waals surface area (Å²) in [6.07, 6.45) is 6.89. The van der Waals surface area contributed by atoms with Crippen molar-refractivity contribution in [1.82, 2.24) is 4.90 Å². The van der Waals surface area contributed by atoms with E-state index >= 15 is 0 Å². The lowest BCUT2D eigenvalue weighted by Crippen LogP contribution is -2.33. The number of anilines is 1. The van der Waals surface area contributed by atoms with Gasteiger partial charge in [0.05, 0.1) is 0 Å². The molecule has 0 aliphatic heterocycles. The zero-order valence-electron chi connectivity index (χ0n) is 18.5. The number of hydrogen-bond acceptors (Lipinski definition) is 3. The Kier molecular flexibility index (Phi) is 7.81. The van der Waals surface area contributed by atoms with Crippen molar-refractivity contribution in [2.45, 2.75) is 71.4 Å². The maximum Gasteiger partial charge on any atom is 0.224 e. The molecular weight excluding hydrogens is 372 g/mol. The van der Waals surface area contributed by atoms with Crippen LogP contribution in [0.5, 0.6) is 0 Å². The number of hydrogen-bond donors (Lipinski definition) is 1. The van der Waals surface area contributed by atoms with E-state index in [4.69, 9.17) is 0 Å². The number of carbonyl (C=O) groups excluding carboxylic acids is 2. The largest absolute Gasteiger partial charge is 0.326 e. The first kappa shape index (κ1) is 22.2. The van der Waals surface area contributed by atoms with Gasteiger partial charge < -0.3 is 5.32 Å². The van der Waals surface area contributed by atoms with Gasteiger partial charge in [-0.2, -0.15) is 0 Å². The smallest absolute Gasteiger partial charge is 0.224 e. The van der Waals surface area contributed by atoms with E-state index in [1.165, 1.54) is 32.1 Å². The Balaban J connectivity index is 1.57. The molecule has 4 heteroatoms. The molecule has 0 unspecified atom stereocenters. The SMILES string of the molecule is Cc1ccc(C)c(C(=O)CCC(=O)Nc2ccccc2CN(C)C2CCCCC2)c1. The molecule has 1 fully saturated rings. The highest BCUT2D eigenvalue weighted by atomic mass is 16.2. The number of nitrogens with one attached hydrogen (secondary N) is 1. The number of ketones is 1. The van der Waals surface area contributed by atoms with E-state index in [0.29, 0.717) is 6.04 Å². The van der Waals surface area contributed by atoms with Crippen LogP contribution in [0.4, 0.5) is 5.69 Å². The number of rotatable bonds is 8. The van der Waals surface area contributed by atoms with Crippen LogP contribution in [0.25, 0.3) is 0 Å². The predicted molar refractivity (Wildman–Crippen MR) is 123 cm³/mol. The summed E-state index contributed by atoms with van der Waals surface area (Å²) in [6, 6.07) is 14.5. The molecule has 3 rings (SSSR count). The van der Waals surface area contributed by atoms with E-state index in [1.54, 1.807) is 0 Å². The van der Waals surface area contributed by atoms with Gasteiger partial charge in [0.2, 0.25) is 5.91 Å². The van der Waals surface area contributed by atoms with Crippen LogP contribution >= 0.6 is 0 Å². The molecule has 2 aromatic rings. The monoisotopic (exact) mass is 406 g/mol. The number of aryl methyl sites for hydroxylation is 2. The maximum atomic E-state index is 12.6. The van der Waals surface area contributed by atoms with Gasteiger partial charge in [0.1, 0.15) is 0 Å². The molecule has 1 aliphatic carbocycles. The van der Waals surface area contributed by atoms with Crippen molar-refractivity contribution in [2.24, 2.45) is 0 Å². The average Bonchev–Trinajstić information content (AvgIpc) is 2.75. The fourth-order valence-corrected chi connectivity index (χ4v) is 4.31. The molecule has 0 bridgehead atoms. The van der Waals surface area contributed by atoms with Crippen molar-refractivity contribution in [3.8, 4) is 0 Å². The quantitative estimate of drug-likeness (QED) is 0.575. The minimum atomic E-state index is -0.110. The third-order valence-corrected chi connectivity index (χ3v) is 6.18. The molecule has 0 saturated heterocycles. The molecule has 0 heterocycles. The molecule has 0 aromatic heterocycles. The Bertz CT molecular complexity index is 884. The number of nitrogens with zero attached hydrogens (tertiary/aromatic N) is 1. The molecule has 4 nitrogen and oxygen atoms in total. The van der Waals surface area contributed by atoms with Gasteiger partial charge in [0.15, 0.2) is 5.78 Å². The Morgan fingerprint density at radius 2 is 1.73 bits per heavy atom. The number of benzene rings is 2. The summed E-state index contributed by atoms with van der Waals surface area (Å²) in [4.78, 5) is 27.5. The highest BCUT2D eigenvalue weighted by Gasteiger charge is 2.19. The molecule has 2 aromatic carbocycles. The van der Waals surface area contributed by atoms with Gasteiger partial charge >= 0.3 is 0 Å². The van der Waals surface area contributed by atoms with Crippen LogP contribution < -0.4 is 5.32 Å². The first-order valence-corrected chi connectivity index (χ1v) is 11.1. The second kappa shape index (κ2) is 10.5. The Morgan fingerprint density at radius 1 is 1.00 bits per heavy atom. The summed E-state index contributed by atoms with van der Waals surface area (Å²) < 4.78 is 0. The Labute approximate surface area is 180 Å². The zero-order chi connectivity index (χ0) is 21.5. The standard InChI is InChI=1S/C26H34N2O2/c1-19-13-14-20(2)23(17-19)25(29)15-16-26(30)27-24-12-8-7-9-21(24)18-28(3)22-10-5-4-6-11-22/h7-9,12-14,17,22H,4-6,10-11,15-16,18H2,1-3H3,(H,27,30). The third-order valence-electron chi connectivity index (χ3n) is 6.18. The summed E-state index contributed by atoms with van der Waals surface area (Å²) in [6.45, 7) is 4.73. The number of para-hydroxylation sites is 1. The molecule has 30 heavy (non-hydrogen) atoms. The van der Waals surface area contributed by atoms with Crippen LogP contribution in [0, 0.1) is 13.8 Å². The lowest BCUT2D eigenvalue weighted by atomic mass is 9.94. The molecule has 1 amide bonds. The van der Waals surface area contributed by atoms with Crippen LogP contribution in [-0.4, -0.2) is 29.7 Å². The van der Waals surface area contributed by atoms with E-state index in [1.807, 2.05) is 50.2 Å². The van der Waals surface area contributed by atoms with Gasteiger partial charge in [-0.1, -0.05) is 55.2 Å². The Hall–Kier alpha value is -2.46. The molecule has 1 N–H and O–H groups in total. The number of amides is 1. The fourth-order valence-electron chi connectivity index (χ4n) is 4.31. The maximum absolute atomic E-state index is 12.6. The normalized spacial score (nSPS) is 14.7. The summed E-state index contributed by atoms with van der Waals surface area (Å²) in [5.74, 6) is -0.0851. The first-order chi connectivity index (χ1) is 14.4. The highest BCUT2D eigenvalue weighted by Crippen LogP contribution is 2.25. The second-order valence-electron chi connectivity index (χ2n) is 8.65. The van der Waals surface area contributed by atoms with Crippen molar-refractivity contribution < 1.29 is 9.59 Å². The summed E-state index contributed by atoms with van der Waals surface area (Å²) in [7, 11) is 2.18. The second-order valence-corrected chi connectivity index (χ2v) is 8.65. The summed E-state index contributed by atoms with van der Waals surface area (Å²) in [5.41, 5.74) is 4.72. The lowest BCUT2D eigenvalue weighted by molar-refractivity contribution is -0.116. The summed E-state index contributed by atoms with van der Waals surface area (Å²) >= 11 is 0. The minimum absolute atomic E-state index is 0.0247. The van der Waals surface area contributed by atoms with Crippen molar-refractivity contribution >= 4 is 17.4 Å². The van der Waals surface area contributed by atoms with Crippen molar-refractivity contribution in [2.75, 3.05) is 12.4 Å². The Morgan fingerprint density at radius 3 is 2.50 bits per heavy atom. The third kappa shape index (κ3) is 6.02. The topological polar surface area (TPSA) is 49.4 Å². The molecule has 0 atom stereocenters. The van der Waals surface area contributed by atoms with Crippen LogP contribution in [0.2, 0.25) is 0 Å². The molecular formula is C26H34N2O2. The van der Waals surface area contributed by atoms with Gasteiger partial charge in [-0.05, 0) is 57.0 Å². The van der Waals surface area contributed by atoms with E-state index < -0.39 is 0 Å². The van der Waals surface area contributed by atoms with Crippen molar-refractivity contribution in [1.29, 1.82) is 0 Å². The highest BCUT2D eigenvalue weighted by molar-refractivity contribution is 6.01. The van der Waals surface area contributed by atoms with E-state index in [9.17, 15) is 9.59 Å². The van der Waals surface area contributed by atoms with Crippen LogP contribution in [0.1, 0.15) is 72.0 Å². The van der Waals surface area contributed by atoms with Gasteiger partial charge in [-0.15, -0.1) is 0 Å². The van der Waals surface area contributed by atoms with Crippen LogP contribution in [0.3, 0.4) is 0 Å². The van der Waals surface area contributed by atoms with E-state index in [-0.39, 0.29) is 24.5 Å². The average molecular weight is 407 g/mol. The van der Waals surface area contributed by atoms with Gasteiger partial charge in [0, 0.05) is 36.7 Å². The zero-order valence-corrected chi connectivity index (χ0v) is 18.5. The summed E-state index contributed by atoms with van der Waals surface area (Å²) in [5, 5.41) is 3.03. The molecule has 0 spiro atoms. The van der Waals surface area contributed by atoms with Gasteiger partial charge in [-0.3, -0.25) is 14.5 Å². The van der Waals surface area contributed by atoms with Crippen LogP contribution in [0.15, 0.2) is 42.5 Å². The van der Waals surface area contributed by atoms with Crippen molar-refractivity contribution in [3.05, 3.63) is 64.7 Å². The number of carbonyl (C=O) groups is 2. The van der Waals surface area contributed by atoms with Gasteiger partial charge in [-0.25, -0.2) is 0 Å². The van der Waals surface area contributed by atoms with E-state index in [2.05, 4.69) is 23.3 Å². The first-order valence-electron chi connectivity index (χ1n) is 11.1. The fraction of sp³-hybridized carbons (Fsp3) is 0.462. The van der Waals surface area contributed by atoms with Crippen LogP contribution in [-0.2, 0) is 11.3 Å². The van der Waals surface area contributed by atoms with Gasteiger partial charge in [0.25, 0.3) is 0 Å². The predicted octanol–water partition coefficient (Wildman–Crippen LogP) is 5.67. The van der Waals surface area contributed by atoms with Crippen molar-refractivity contribution in [3.63, 3.8) is 0 Å². The lowest BCUT2D eigenvalue weighted by Gasteiger charge is -2.31. The molecule has 0 radical (unpaired) electrons. The van der Waals surface area contributed by atoms with E-state index in [0.717, 1.165) is 34.5 Å².